The number of hydrogen-bond donors (Lipinski definition) is 0. The largest absolute Gasteiger partial charge is 0.497 e. The summed E-state index contributed by atoms with van der Waals surface area (Å²) in [5, 5.41) is 4.70. The maximum absolute atomic E-state index is 6.26. The van der Waals surface area contributed by atoms with Gasteiger partial charge in [0, 0.05) is 23.8 Å². The van der Waals surface area contributed by atoms with Crippen molar-refractivity contribution in [2.24, 2.45) is 0 Å². The first kappa shape index (κ1) is 23.0. The zero-order valence-corrected chi connectivity index (χ0v) is 20.1. The van der Waals surface area contributed by atoms with E-state index in [2.05, 4.69) is 4.98 Å². The monoisotopic (exact) mass is 466 g/mol. The predicted octanol–water partition coefficient (Wildman–Crippen LogP) is 4.24. The van der Waals surface area contributed by atoms with Crippen molar-refractivity contribution in [2.75, 3.05) is 35.5 Å². The van der Waals surface area contributed by atoms with Crippen molar-refractivity contribution in [3.8, 4) is 51.8 Å². The summed E-state index contributed by atoms with van der Waals surface area (Å²) >= 11 is 0. The minimum Gasteiger partial charge on any atom is -0.497 e. The van der Waals surface area contributed by atoms with E-state index in [0.29, 0.717) is 63.1 Å². The predicted molar refractivity (Wildman–Crippen MR) is 125 cm³/mol. The van der Waals surface area contributed by atoms with Crippen molar-refractivity contribution < 1.29 is 28.4 Å². The molecule has 10 heteroatoms. The Hall–Kier alpha value is -4.21. The summed E-state index contributed by atoms with van der Waals surface area (Å²) in [5.41, 5.74) is 2.07. The molecule has 0 spiro atoms. The van der Waals surface area contributed by atoms with Gasteiger partial charge in [-0.25, -0.2) is 9.50 Å². The lowest BCUT2D eigenvalue weighted by Gasteiger charge is -2.15. The third-order valence-corrected chi connectivity index (χ3v) is 5.26. The summed E-state index contributed by atoms with van der Waals surface area (Å²) in [6.07, 6.45) is 0. The van der Waals surface area contributed by atoms with Gasteiger partial charge in [0.05, 0.1) is 41.2 Å². The van der Waals surface area contributed by atoms with Gasteiger partial charge in [-0.15, -0.1) is 5.10 Å². The quantitative estimate of drug-likeness (QED) is 0.377. The van der Waals surface area contributed by atoms with Crippen LogP contribution < -0.4 is 28.4 Å². The van der Waals surface area contributed by atoms with E-state index >= 15 is 0 Å². The minimum absolute atomic E-state index is 0.319. The molecule has 0 unspecified atom stereocenters. The molecule has 0 aliphatic carbocycles. The number of imidazole rings is 1. The van der Waals surface area contributed by atoms with Crippen molar-refractivity contribution in [3.63, 3.8) is 0 Å². The number of aromatic nitrogens is 4. The Morgan fingerprint density at radius 1 is 0.676 bits per heavy atom. The molecule has 0 saturated carbocycles. The number of ether oxygens (including phenoxy) is 6. The molecular formula is C24H26N4O6. The molecule has 0 fully saturated rings. The summed E-state index contributed by atoms with van der Waals surface area (Å²) in [7, 11) is 7.81. The molecule has 0 N–H and O–H groups in total. The second-order valence-electron chi connectivity index (χ2n) is 7.31. The normalized spacial score (nSPS) is 10.8. The van der Waals surface area contributed by atoms with Crippen molar-refractivity contribution >= 4 is 5.52 Å². The van der Waals surface area contributed by atoms with Crippen molar-refractivity contribution in [1.82, 2.24) is 19.6 Å². The second kappa shape index (κ2) is 9.34. The zero-order chi connectivity index (χ0) is 24.4. The molecule has 10 nitrogen and oxygen atoms in total. The standard InChI is InChI=1S/C24H26N4O6/c1-13-21-24(34-18-11-19(31-5)22(33-7)20(12-18)32-6)26-23(27-28(21)14(2)25-13)15-8-16(29-3)10-17(9-15)30-4/h8-12H,1-7H3. The van der Waals surface area contributed by atoms with E-state index < -0.39 is 0 Å². The van der Waals surface area contributed by atoms with Crippen LogP contribution in [-0.2, 0) is 0 Å². The van der Waals surface area contributed by atoms with Crippen LogP contribution in [0, 0.1) is 13.8 Å². The Labute approximate surface area is 197 Å². The summed E-state index contributed by atoms with van der Waals surface area (Å²) in [6.45, 7) is 3.74. The van der Waals surface area contributed by atoms with Crippen LogP contribution in [0.4, 0.5) is 0 Å². The van der Waals surface area contributed by atoms with E-state index in [4.69, 9.17) is 38.5 Å². The summed E-state index contributed by atoms with van der Waals surface area (Å²) in [4.78, 5) is 9.28. The molecule has 0 aliphatic heterocycles. The molecule has 4 aromatic rings. The molecule has 0 amide bonds. The van der Waals surface area contributed by atoms with E-state index in [0.717, 1.165) is 5.69 Å². The molecular weight excluding hydrogens is 440 g/mol. The van der Waals surface area contributed by atoms with Gasteiger partial charge in [-0.1, -0.05) is 0 Å². The average molecular weight is 466 g/mol. The van der Waals surface area contributed by atoms with Crippen LogP contribution in [-0.4, -0.2) is 55.1 Å². The van der Waals surface area contributed by atoms with Gasteiger partial charge in [-0.3, -0.25) is 0 Å². The van der Waals surface area contributed by atoms with Crippen LogP contribution in [0.5, 0.6) is 40.4 Å². The van der Waals surface area contributed by atoms with E-state index in [1.165, 1.54) is 0 Å². The third kappa shape index (κ3) is 4.09. The van der Waals surface area contributed by atoms with Crippen LogP contribution >= 0.6 is 0 Å². The number of nitrogens with zero attached hydrogens (tertiary/aromatic N) is 4. The first-order valence-electron chi connectivity index (χ1n) is 10.4. The molecule has 0 radical (unpaired) electrons. The van der Waals surface area contributed by atoms with Crippen molar-refractivity contribution in [3.05, 3.63) is 41.9 Å². The number of aryl methyl sites for hydroxylation is 2. The molecule has 0 aliphatic rings. The lowest BCUT2D eigenvalue weighted by atomic mass is 10.2. The van der Waals surface area contributed by atoms with Crippen LogP contribution in [0.1, 0.15) is 11.5 Å². The van der Waals surface area contributed by atoms with Crippen molar-refractivity contribution in [1.29, 1.82) is 0 Å². The number of rotatable bonds is 8. The topological polar surface area (TPSA) is 98.5 Å². The molecule has 34 heavy (non-hydrogen) atoms. The number of methoxy groups -OCH3 is 5. The second-order valence-corrected chi connectivity index (χ2v) is 7.31. The van der Waals surface area contributed by atoms with Gasteiger partial charge in [0.25, 0.3) is 0 Å². The van der Waals surface area contributed by atoms with E-state index in [1.807, 2.05) is 26.0 Å². The van der Waals surface area contributed by atoms with E-state index in [9.17, 15) is 0 Å². The van der Waals surface area contributed by atoms with Gasteiger partial charge in [0.2, 0.25) is 11.6 Å². The van der Waals surface area contributed by atoms with Gasteiger partial charge in [-0.2, -0.15) is 4.98 Å². The molecule has 2 aromatic carbocycles. The molecule has 178 valence electrons. The van der Waals surface area contributed by atoms with Crippen LogP contribution in [0.25, 0.3) is 16.9 Å². The summed E-state index contributed by atoms with van der Waals surface area (Å²) in [5.74, 6) is 4.48. The molecule has 0 bridgehead atoms. The van der Waals surface area contributed by atoms with Gasteiger partial charge < -0.3 is 28.4 Å². The van der Waals surface area contributed by atoms with Gasteiger partial charge >= 0.3 is 0 Å². The first-order chi connectivity index (χ1) is 16.4. The smallest absolute Gasteiger partial charge is 0.249 e. The Bertz CT molecular complexity index is 1300. The lowest BCUT2D eigenvalue weighted by molar-refractivity contribution is 0.320. The van der Waals surface area contributed by atoms with Crippen LogP contribution in [0.15, 0.2) is 30.3 Å². The number of benzene rings is 2. The van der Waals surface area contributed by atoms with Crippen molar-refractivity contribution in [2.45, 2.75) is 13.8 Å². The highest BCUT2D eigenvalue weighted by Crippen LogP contribution is 2.42. The maximum Gasteiger partial charge on any atom is 0.249 e. The maximum atomic E-state index is 6.26. The van der Waals surface area contributed by atoms with Crippen LogP contribution in [0.3, 0.4) is 0 Å². The summed E-state index contributed by atoms with van der Waals surface area (Å²) < 4.78 is 35.1. The Morgan fingerprint density at radius 3 is 1.82 bits per heavy atom. The van der Waals surface area contributed by atoms with E-state index in [-0.39, 0.29) is 0 Å². The minimum atomic E-state index is 0.319. The SMILES string of the molecule is COc1cc(OC)cc(-c2nc(Oc3cc(OC)c(OC)c(OC)c3)c3c(C)nc(C)n3n2)c1. The fourth-order valence-electron chi connectivity index (χ4n) is 3.65. The van der Waals surface area contributed by atoms with Gasteiger partial charge in [-0.05, 0) is 26.0 Å². The van der Waals surface area contributed by atoms with Crippen LogP contribution in [0.2, 0.25) is 0 Å². The Kier molecular flexibility index (Phi) is 6.31. The highest BCUT2D eigenvalue weighted by atomic mass is 16.5. The number of fused-ring (bicyclic) bond motifs is 1. The molecule has 2 heterocycles. The molecule has 0 atom stereocenters. The first-order valence-corrected chi connectivity index (χ1v) is 10.4. The zero-order valence-electron chi connectivity index (χ0n) is 20.1. The number of hydrogen-bond acceptors (Lipinski definition) is 9. The third-order valence-electron chi connectivity index (χ3n) is 5.26. The molecule has 4 rings (SSSR count). The van der Waals surface area contributed by atoms with Gasteiger partial charge in [0.1, 0.15) is 23.1 Å². The highest BCUT2D eigenvalue weighted by Gasteiger charge is 2.20. The lowest BCUT2D eigenvalue weighted by Crippen LogP contribution is -2.04. The average Bonchev–Trinajstić information content (AvgIpc) is 3.15. The van der Waals surface area contributed by atoms with Gasteiger partial charge in [0.15, 0.2) is 22.8 Å². The van der Waals surface area contributed by atoms with E-state index in [1.54, 1.807) is 58.3 Å². The fraction of sp³-hybridized carbons (Fsp3) is 0.292. The Balaban J connectivity index is 1.90. The Morgan fingerprint density at radius 2 is 1.29 bits per heavy atom. The fourth-order valence-corrected chi connectivity index (χ4v) is 3.65. The highest BCUT2D eigenvalue weighted by molar-refractivity contribution is 5.67. The molecule has 0 saturated heterocycles. The summed E-state index contributed by atoms with van der Waals surface area (Å²) in [6, 6.07) is 8.83. The molecule has 2 aromatic heterocycles.